The number of fused-ring (bicyclic) bond motifs is 4. The Morgan fingerprint density at radius 3 is 2.17 bits per heavy atom. The molecule has 6 rings (SSSR count). The molecule has 1 N–H and O–H groups in total. The quantitative estimate of drug-likeness (QED) is 0.581. The van der Waals surface area contributed by atoms with Gasteiger partial charge in [0, 0.05) is 28.9 Å². The summed E-state index contributed by atoms with van der Waals surface area (Å²) in [5.41, 5.74) is 6.25. The summed E-state index contributed by atoms with van der Waals surface area (Å²) in [6.07, 6.45) is 8.02. The summed E-state index contributed by atoms with van der Waals surface area (Å²) in [6, 6.07) is 12.3. The number of amides is 1. The monoisotopic (exact) mass is 450 g/mol. The molecule has 4 heteroatoms. The highest BCUT2D eigenvalue weighted by Gasteiger charge is 2.44. The van der Waals surface area contributed by atoms with Gasteiger partial charge in [-0.25, -0.2) is 0 Å². The third-order valence-corrected chi connectivity index (χ3v) is 8.58. The average molecular weight is 451 g/mol. The van der Waals surface area contributed by atoms with Crippen molar-refractivity contribution >= 4 is 33.2 Å². The third-order valence-electron chi connectivity index (χ3n) is 7.89. The van der Waals surface area contributed by atoms with E-state index in [9.17, 15) is 4.79 Å². The largest absolute Gasteiger partial charge is 0.370 e. The van der Waals surface area contributed by atoms with E-state index in [0.29, 0.717) is 17.4 Å². The molecule has 0 aromatic heterocycles. The van der Waals surface area contributed by atoms with Crippen LogP contribution in [-0.2, 0) is 0 Å². The Hall–Kier alpha value is -1.81. The first-order valence-electron chi connectivity index (χ1n) is 11.2. The van der Waals surface area contributed by atoms with E-state index >= 15 is 0 Å². The summed E-state index contributed by atoms with van der Waals surface area (Å²) >= 11 is 3.52. The van der Waals surface area contributed by atoms with E-state index in [0.717, 1.165) is 22.0 Å². The predicted octanol–water partition coefficient (Wildman–Crippen LogP) is 6.30. The Labute approximate surface area is 181 Å². The van der Waals surface area contributed by atoms with Gasteiger partial charge in [-0.05, 0) is 101 Å². The minimum Gasteiger partial charge on any atom is -0.370 e. The van der Waals surface area contributed by atoms with Gasteiger partial charge in [0.25, 0.3) is 5.91 Å². The van der Waals surface area contributed by atoms with Crippen molar-refractivity contribution in [2.75, 3.05) is 23.3 Å². The van der Waals surface area contributed by atoms with Crippen molar-refractivity contribution in [3.63, 3.8) is 0 Å². The topological polar surface area (TPSA) is 32.3 Å². The van der Waals surface area contributed by atoms with Crippen molar-refractivity contribution in [3.8, 4) is 0 Å². The lowest BCUT2D eigenvalue weighted by atomic mass is 9.75. The first kappa shape index (κ1) is 18.0. The second-order valence-corrected chi connectivity index (χ2v) is 10.3. The molecule has 1 amide bonds. The van der Waals surface area contributed by atoms with Crippen LogP contribution in [0.15, 0.2) is 40.9 Å². The van der Waals surface area contributed by atoms with E-state index in [1.807, 2.05) is 24.3 Å². The Morgan fingerprint density at radius 1 is 0.931 bits per heavy atom. The molecule has 0 radical (unpaired) electrons. The molecule has 4 atom stereocenters. The second kappa shape index (κ2) is 6.87. The van der Waals surface area contributed by atoms with Crippen molar-refractivity contribution in [3.05, 3.63) is 57.6 Å². The lowest BCUT2D eigenvalue weighted by Gasteiger charge is -2.46. The fourth-order valence-corrected chi connectivity index (χ4v) is 7.14. The van der Waals surface area contributed by atoms with E-state index in [2.05, 4.69) is 38.3 Å². The summed E-state index contributed by atoms with van der Waals surface area (Å²) in [5.74, 6) is 2.92. The molecule has 150 valence electrons. The molecule has 2 aliphatic carbocycles. The van der Waals surface area contributed by atoms with Crippen LogP contribution in [0.25, 0.3) is 0 Å². The lowest BCUT2D eigenvalue weighted by Crippen LogP contribution is -2.43. The Bertz CT molecular complexity index is 942. The minimum absolute atomic E-state index is 0.0287. The third kappa shape index (κ3) is 2.86. The van der Waals surface area contributed by atoms with Crippen molar-refractivity contribution in [1.29, 1.82) is 0 Å². The van der Waals surface area contributed by atoms with Gasteiger partial charge in [0.05, 0.1) is 5.56 Å². The maximum Gasteiger partial charge on any atom is 0.256 e. The van der Waals surface area contributed by atoms with E-state index < -0.39 is 0 Å². The number of nitrogens with one attached hydrogen (secondary N) is 1. The number of rotatable bonds is 2. The fraction of sp³-hybridized carbons (Fsp3) is 0.480. The standard InChI is InChI=1S/C25H27BrN2O/c26-23-10-2-1-7-20(23)25(29)27-17-11-21-18-8-3-5-15(18)13-28-14-16-6-4-9-19(16)22(12-17)24(21)28/h1-2,7,10-12,15-16,18-19H,3-6,8-9,13-14H2,(H,27,29). The van der Waals surface area contributed by atoms with Gasteiger partial charge in [-0.3, -0.25) is 4.79 Å². The maximum atomic E-state index is 13.0. The minimum atomic E-state index is -0.0287. The zero-order chi connectivity index (χ0) is 19.5. The number of benzene rings is 2. The van der Waals surface area contributed by atoms with Gasteiger partial charge in [0.15, 0.2) is 0 Å². The number of nitrogens with zero attached hydrogens (tertiary/aromatic N) is 1. The van der Waals surface area contributed by atoms with Crippen LogP contribution in [0.2, 0.25) is 0 Å². The van der Waals surface area contributed by atoms with Crippen molar-refractivity contribution in [2.24, 2.45) is 11.8 Å². The van der Waals surface area contributed by atoms with Crippen LogP contribution >= 0.6 is 15.9 Å². The molecule has 4 unspecified atom stereocenters. The molecular weight excluding hydrogens is 424 g/mol. The summed E-state index contributed by atoms with van der Waals surface area (Å²) in [5, 5.41) is 3.24. The van der Waals surface area contributed by atoms with Crippen molar-refractivity contribution in [2.45, 2.75) is 50.4 Å². The molecular formula is C25H27BrN2O. The zero-order valence-electron chi connectivity index (χ0n) is 16.7. The molecule has 4 aliphatic rings. The first-order valence-corrected chi connectivity index (χ1v) is 12.0. The highest BCUT2D eigenvalue weighted by Crippen LogP contribution is 2.56. The van der Waals surface area contributed by atoms with Gasteiger partial charge < -0.3 is 10.2 Å². The summed E-state index contributed by atoms with van der Waals surface area (Å²) in [7, 11) is 0. The second-order valence-electron chi connectivity index (χ2n) is 9.44. The highest BCUT2D eigenvalue weighted by molar-refractivity contribution is 9.10. The Morgan fingerprint density at radius 2 is 1.55 bits per heavy atom. The Kier molecular flexibility index (Phi) is 4.26. The molecule has 3 nitrogen and oxygen atoms in total. The molecule has 0 saturated heterocycles. The van der Waals surface area contributed by atoms with E-state index in [4.69, 9.17) is 0 Å². The molecule has 0 bridgehead atoms. The van der Waals surface area contributed by atoms with Crippen molar-refractivity contribution < 1.29 is 4.79 Å². The van der Waals surface area contributed by atoms with Gasteiger partial charge in [-0.15, -0.1) is 0 Å². The zero-order valence-corrected chi connectivity index (χ0v) is 18.2. The van der Waals surface area contributed by atoms with Gasteiger partial charge in [0.1, 0.15) is 0 Å². The summed E-state index contributed by atoms with van der Waals surface area (Å²) in [6.45, 7) is 2.49. The van der Waals surface area contributed by atoms with Gasteiger partial charge in [-0.1, -0.05) is 25.0 Å². The van der Waals surface area contributed by atoms with Crippen LogP contribution in [0.3, 0.4) is 0 Å². The molecule has 2 saturated carbocycles. The van der Waals surface area contributed by atoms with Crippen LogP contribution in [0.4, 0.5) is 11.4 Å². The SMILES string of the molecule is O=C(Nc1cc2c3c(c1)C1CCCC1CN3CC1CCCC21)c1ccccc1Br. The summed E-state index contributed by atoms with van der Waals surface area (Å²) < 4.78 is 0.842. The van der Waals surface area contributed by atoms with E-state index in [-0.39, 0.29) is 5.91 Å². The number of anilines is 2. The molecule has 2 aromatic carbocycles. The highest BCUT2D eigenvalue weighted by atomic mass is 79.9. The smallest absolute Gasteiger partial charge is 0.256 e. The average Bonchev–Trinajstić information content (AvgIpc) is 3.37. The molecule has 0 spiro atoms. The van der Waals surface area contributed by atoms with Crippen LogP contribution in [-0.4, -0.2) is 19.0 Å². The van der Waals surface area contributed by atoms with Crippen LogP contribution in [0.1, 0.15) is 71.8 Å². The number of hydrogen-bond donors (Lipinski definition) is 1. The van der Waals surface area contributed by atoms with Crippen LogP contribution in [0, 0.1) is 11.8 Å². The van der Waals surface area contributed by atoms with Gasteiger partial charge in [-0.2, -0.15) is 0 Å². The Balaban J connectivity index is 1.43. The van der Waals surface area contributed by atoms with Crippen molar-refractivity contribution in [1.82, 2.24) is 0 Å². The van der Waals surface area contributed by atoms with E-state index in [1.165, 1.54) is 68.4 Å². The lowest BCUT2D eigenvalue weighted by molar-refractivity contribution is 0.102. The normalized spacial score (nSPS) is 29.2. The maximum absolute atomic E-state index is 13.0. The number of carbonyl (C=O) groups excluding carboxylic acids is 1. The summed E-state index contributed by atoms with van der Waals surface area (Å²) in [4.78, 5) is 15.7. The first-order chi connectivity index (χ1) is 14.2. The molecule has 29 heavy (non-hydrogen) atoms. The van der Waals surface area contributed by atoms with Crippen LogP contribution < -0.4 is 10.2 Å². The fourth-order valence-electron chi connectivity index (χ4n) is 6.68. The molecule has 2 aromatic rings. The predicted molar refractivity (Wildman–Crippen MR) is 121 cm³/mol. The molecule has 2 fully saturated rings. The number of halogens is 1. The molecule has 2 aliphatic heterocycles. The van der Waals surface area contributed by atoms with Gasteiger partial charge in [0.2, 0.25) is 0 Å². The van der Waals surface area contributed by atoms with Gasteiger partial charge >= 0.3 is 0 Å². The molecule has 2 heterocycles. The number of carbonyl (C=O) groups is 1. The number of hydrogen-bond acceptors (Lipinski definition) is 2. The van der Waals surface area contributed by atoms with Crippen LogP contribution in [0.5, 0.6) is 0 Å². The van der Waals surface area contributed by atoms with E-state index in [1.54, 1.807) is 0 Å².